The van der Waals surface area contributed by atoms with Crippen molar-refractivity contribution >= 4 is 17.5 Å². The summed E-state index contributed by atoms with van der Waals surface area (Å²) in [6, 6.07) is 0.559. The van der Waals surface area contributed by atoms with E-state index in [1.54, 1.807) is 12.4 Å². The van der Waals surface area contributed by atoms with Crippen LogP contribution in [0.4, 0.5) is 0 Å². The first-order valence-electron chi connectivity index (χ1n) is 7.04. The number of carboxylic acid groups (broad SMARTS) is 1. The summed E-state index contributed by atoms with van der Waals surface area (Å²) in [7, 11) is 0. The van der Waals surface area contributed by atoms with E-state index in [1.165, 1.54) is 10.6 Å². The van der Waals surface area contributed by atoms with Crippen molar-refractivity contribution < 1.29 is 19.8 Å². The first-order chi connectivity index (χ1) is 10.5. The average Bonchev–Trinajstić information content (AvgIpc) is 2.90. The summed E-state index contributed by atoms with van der Waals surface area (Å²) in [5.41, 5.74) is 1.38. The summed E-state index contributed by atoms with van der Waals surface area (Å²) < 4.78 is 1.44. The van der Waals surface area contributed by atoms with E-state index in [9.17, 15) is 9.59 Å². The monoisotopic (exact) mass is 306 g/mol. The molecule has 8 heteroatoms. The standard InChI is InChI=1S/C14H18N4O4/c1-2-3-10(14(21)22)16-13(20)11-6-12-15-7-9(4-5-19)8-18(12)17-11/h6-8,10,19H,2-5H2,1H3,(H,16,20)(H,21,22)/t10-/m0/s1. The number of fused-ring (bicyclic) bond motifs is 1. The van der Waals surface area contributed by atoms with Gasteiger partial charge in [-0.3, -0.25) is 4.79 Å². The number of aliphatic hydroxyl groups excluding tert-OH is 1. The van der Waals surface area contributed by atoms with Gasteiger partial charge in [0.15, 0.2) is 11.3 Å². The van der Waals surface area contributed by atoms with Crippen molar-refractivity contribution in [3.63, 3.8) is 0 Å². The van der Waals surface area contributed by atoms with Gasteiger partial charge in [0.2, 0.25) is 0 Å². The topological polar surface area (TPSA) is 117 Å². The molecule has 0 fully saturated rings. The number of nitrogens with one attached hydrogen (secondary N) is 1. The van der Waals surface area contributed by atoms with Crippen LogP contribution in [0.1, 0.15) is 35.8 Å². The molecule has 22 heavy (non-hydrogen) atoms. The summed E-state index contributed by atoms with van der Waals surface area (Å²) >= 11 is 0. The molecule has 3 N–H and O–H groups in total. The van der Waals surface area contributed by atoms with Gasteiger partial charge in [-0.15, -0.1) is 0 Å². The summed E-state index contributed by atoms with van der Waals surface area (Å²) in [5.74, 6) is -1.61. The number of carbonyl (C=O) groups excluding carboxylic acids is 1. The molecule has 0 radical (unpaired) electrons. The van der Waals surface area contributed by atoms with Crippen LogP contribution in [0.5, 0.6) is 0 Å². The van der Waals surface area contributed by atoms with Crippen molar-refractivity contribution in [3.05, 3.63) is 29.7 Å². The zero-order valence-corrected chi connectivity index (χ0v) is 12.2. The predicted molar refractivity (Wildman–Crippen MR) is 77.6 cm³/mol. The van der Waals surface area contributed by atoms with Gasteiger partial charge in [-0.2, -0.15) is 5.10 Å². The van der Waals surface area contributed by atoms with Crippen molar-refractivity contribution in [1.82, 2.24) is 19.9 Å². The third kappa shape index (κ3) is 3.59. The number of aromatic nitrogens is 3. The number of hydrogen-bond acceptors (Lipinski definition) is 5. The fourth-order valence-electron chi connectivity index (χ4n) is 2.06. The van der Waals surface area contributed by atoms with E-state index in [4.69, 9.17) is 10.2 Å². The molecule has 1 atom stereocenters. The smallest absolute Gasteiger partial charge is 0.326 e. The lowest BCUT2D eigenvalue weighted by Gasteiger charge is -2.11. The van der Waals surface area contributed by atoms with Crippen molar-refractivity contribution in [3.8, 4) is 0 Å². The molecule has 0 saturated carbocycles. The Labute approximate surface area is 126 Å². The summed E-state index contributed by atoms with van der Waals surface area (Å²) in [5, 5.41) is 24.5. The minimum atomic E-state index is -1.07. The number of rotatable bonds is 7. The lowest BCUT2D eigenvalue weighted by atomic mass is 10.1. The highest BCUT2D eigenvalue weighted by atomic mass is 16.4. The van der Waals surface area contributed by atoms with Gasteiger partial charge in [0.25, 0.3) is 5.91 Å². The van der Waals surface area contributed by atoms with Crippen molar-refractivity contribution in [2.45, 2.75) is 32.2 Å². The molecule has 0 aliphatic carbocycles. The number of aliphatic hydroxyl groups is 1. The van der Waals surface area contributed by atoms with Gasteiger partial charge in [-0.25, -0.2) is 14.3 Å². The number of nitrogens with zero attached hydrogens (tertiary/aromatic N) is 3. The van der Waals surface area contributed by atoms with Gasteiger partial charge in [-0.1, -0.05) is 13.3 Å². The van der Waals surface area contributed by atoms with Gasteiger partial charge in [0.1, 0.15) is 6.04 Å². The highest BCUT2D eigenvalue weighted by molar-refractivity contribution is 5.95. The summed E-state index contributed by atoms with van der Waals surface area (Å²) in [6.07, 6.45) is 4.73. The van der Waals surface area contributed by atoms with Gasteiger partial charge in [0, 0.05) is 25.1 Å². The fourth-order valence-corrected chi connectivity index (χ4v) is 2.06. The SMILES string of the molecule is CCC[C@H](NC(=O)c1cc2ncc(CCO)cn2n1)C(=O)O. The second kappa shape index (κ2) is 6.99. The van der Waals surface area contributed by atoms with Crippen LogP contribution in [0.2, 0.25) is 0 Å². The molecule has 0 aliphatic rings. The van der Waals surface area contributed by atoms with E-state index in [0.29, 0.717) is 24.9 Å². The molecule has 2 heterocycles. The molecular formula is C14H18N4O4. The van der Waals surface area contributed by atoms with E-state index < -0.39 is 17.9 Å². The molecule has 0 spiro atoms. The minimum absolute atomic E-state index is 0.000885. The molecule has 118 valence electrons. The van der Waals surface area contributed by atoms with Crippen LogP contribution in [0.3, 0.4) is 0 Å². The minimum Gasteiger partial charge on any atom is -0.480 e. The zero-order chi connectivity index (χ0) is 16.1. The second-order valence-electron chi connectivity index (χ2n) is 4.92. The first kappa shape index (κ1) is 15.9. The number of hydrogen-bond donors (Lipinski definition) is 3. The van der Waals surface area contributed by atoms with Crippen LogP contribution < -0.4 is 5.32 Å². The maximum absolute atomic E-state index is 12.1. The van der Waals surface area contributed by atoms with E-state index in [-0.39, 0.29) is 12.3 Å². The second-order valence-corrected chi connectivity index (χ2v) is 4.92. The first-order valence-corrected chi connectivity index (χ1v) is 7.04. The molecule has 2 aromatic heterocycles. The molecule has 2 aromatic rings. The van der Waals surface area contributed by atoms with Crippen molar-refractivity contribution in [2.75, 3.05) is 6.61 Å². The molecule has 1 amide bonds. The average molecular weight is 306 g/mol. The van der Waals surface area contributed by atoms with Crippen LogP contribution in [0.25, 0.3) is 5.65 Å². The molecule has 0 saturated heterocycles. The molecule has 8 nitrogen and oxygen atoms in total. The Hall–Kier alpha value is -2.48. The number of aliphatic carboxylic acids is 1. The fraction of sp³-hybridized carbons (Fsp3) is 0.429. The molecule has 0 aromatic carbocycles. The zero-order valence-electron chi connectivity index (χ0n) is 12.2. The van der Waals surface area contributed by atoms with Crippen LogP contribution in [-0.2, 0) is 11.2 Å². The Balaban J connectivity index is 2.19. The van der Waals surface area contributed by atoms with E-state index >= 15 is 0 Å². The Morgan fingerprint density at radius 1 is 1.45 bits per heavy atom. The number of carbonyl (C=O) groups is 2. The summed E-state index contributed by atoms with van der Waals surface area (Å²) in [6.45, 7) is 1.85. The van der Waals surface area contributed by atoms with Gasteiger partial charge >= 0.3 is 5.97 Å². The lowest BCUT2D eigenvalue weighted by molar-refractivity contribution is -0.139. The number of carboxylic acids is 1. The predicted octanol–water partition coefficient (Wildman–Crippen LogP) is 0.247. The number of amides is 1. The Morgan fingerprint density at radius 2 is 2.23 bits per heavy atom. The molecule has 0 bridgehead atoms. The van der Waals surface area contributed by atoms with Gasteiger partial charge in [0.05, 0.1) is 0 Å². The van der Waals surface area contributed by atoms with Crippen LogP contribution >= 0.6 is 0 Å². The maximum Gasteiger partial charge on any atom is 0.326 e. The maximum atomic E-state index is 12.1. The highest BCUT2D eigenvalue weighted by Crippen LogP contribution is 2.07. The quantitative estimate of drug-likeness (QED) is 0.675. The lowest BCUT2D eigenvalue weighted by Crippen LogP contribution is -2.40. The van der Waals surface area contributed by atoms with Crippen molar-refractivity contribution in [2.24, 2.45) is 0 Å². The highest BCUT2D eigenvalue weighted by Gasteiger charge is 2.21. The molecule has 0 unspecified atom stereocenters. The normalized spacial score (nSPS) is 12.3. The van der Waals surface area contributed by atoms with Crippen LogP contribution in [0.15, 0.2) is 18.5 Å². The summed E-state index contributed by atoms with van der Waals surface area (Å²) in [4.78, 5) is 27.3. The van der Waals surface area contributed by atoms with E-state index in [2.05, 4.69) is 15.4 Å². The van der Waals surface area contributed by atoms with Crippen molar-refractivity contribution in [1.29, 1.82) is 0 Å². The Morgan fingerprint density at radius 3 is 2.86 bits per heavy atom. The molecular weight excluding hydrogens is 288 g/mol. The molecule has 2 rings (SSSR count). The third-order valence-corrected chi connectivity index (χ3v) is 3.18. The Bertz CT molecular complexity index is 683. The van der Waals surface area contributed by atoms with Gasteiger partial charge in [-0.05, 0) is 18.4 Å². The Kier molecular flexibility index (Phi) is 5.05. The van der Waals surface area contributed by atoms with Crippen LogP contribution in [0, 0.1) is 0 Å². The van der Waals surface area contributed by atoms with Gasteiger partial charge < -0.3 is 15.5 Å². The largest absolute Gasteiger partial charge is 0.480 e. The van der Waals surface area contributed by atoms with E-state index in [1.807, 2.05) is 6.92 Å². The molecule has 0 aliphatic heterocycles. The third-order valence-electron chi connectivity index (χ3n) is 3.18. The van der Waals surface area contributed by atoms with E-state index in [0.717, 1.165) is 5.56 Å². The van der Waals surface area contributed by atoms with Crippen LogP contribution in [-0.4, -0.2) is 49.3 Å².